The van der Waals surface area contributed by atoms with E-state index in [1.165, 1.54) is 0 Å². The van der Waals surface area contributed by atoms with Crippen LogP contribution in [0.1, 0.15) is 47.0 Å². The number of hydrogen-bond acceptors (Lipinski definition) is 4. The first-order chi connectivity index (χ1) is 10.0. The monoisotopic (exact) mass is 294 g/mol. The Labute approximate surface area is 129 Å². The lowest BCUT2D eigenvalue weighted by molar-refractivity contribution is -0.110. The topological polar surface area (TPSA) is 40.6 Å². The Balaban J connectivity index is 4.98. The summed E-state index contributed by atoms with van der Waals surface area (Å²) in [5, 5.41) is 4.36. The number of carbonyl (C=O) groups excluding carboxylic acids is 2. The maximum absolute atomic E-state index is 10.9. The second kappa shape index (κ2) is 11.4. The minimum Gasteiger partial charge on any atom is -0.298 e. The summed E-state index contributed by atoms with van der Waals surface area (Å²) >= 11 is 0. The van der Waals surface area contributed by atoms with Gasteiger partial charge in [0, 0.05) is 26.2 Å². The maximum atomic E-state index is 10.9. The standard InChI is InChI=1S/C17H30N2O2/c1-6-8-9-10-12-18(5)19(11-7-2)16(4)15(3)17(13-20)14-21/h9-10,13-14,16H,6-8,11-12H2,1-5H3/b10-9+/t16-/m0/s1. The Kier molecular flexibility index (Phi) is 10.7. The first-order valence-corrected chi connectivity index (χ1v) is 7.77. The molecule has 0 N–H and O–H groups in total. The number of aldehydes is 2. The van der Waals surface area contributed by atoms with Gasteiger partial charge >= 0.3 is 0 Å². The molecule has 1 atom stereocenters. The van der Waals surface area contributed by atoms with E-state index in [0.29, 0.717) is 12.6 Å². The van der Waals surface area contributed by atoms with Crippen LogP contribution < -0.4 is 0 Å². The molecule has 0 amide bonds. The molecular formula is C17H30N2O2. The minimum atomic E-state index is 0.0277. The van der Waals surface area contributed by atoms with Crippen LogP contribution >= 0.6 is 0 Å². The predicted octanol–water partition coefficient (Wildman–Crippen LogP) is 3.00. The van der Waals surface area contributed by atoms with Crippen LogP contribution in [-0.2, 0) is 9.59 Å². The number of unbranched alkanes of at least 4 members (excludes halogenated alkanes) is 1. The van der Waals surface area contributed by atoms with Crippen LogP contribution in [0.3, 0.4) is 0 Å². The van der Waals surface area contributed by atoms with Crippen LogP contribution in [-0.4, -0.2) is 48.8 Å². The molecular weight excluding hydrogens is 264 g/mol. The Morgan fingerprint density at radius 2 is 1.71 bits per heavy atom. The van der Waals surface area contributed by atoms with Gasteiger partial charge in [0.05, 0.1) is 5.57 Å². The van der Waals surface area contributed by atoms with Gasteiger partial charge in [-0.2, -0.15) is 0 Å². The summed E-state index contributed by atoms with van der Waals surface area (Å²) < 4.78 is 0. The van der Waals surface area contributed by atoms with Gasteiger partial charge in [-0.25, -0.2) is 10.0 Å². The summed E-state index contributed by atoms with van der Waals surface area (Å²) in [5.41, 5.74) is 1.07. The van der Waals surface area contributed by atoms with Crippen molar-refractivity contribution in [3.63, 3.8) is 0 Å². The summed E-state index contributed by atoms with van der Waals surface area (Å²) in [4.78, 5) is 21.9. The normalized spacial score (nSPS) is 12.9. The molecule has 0 saturated heterocycles. The molecule has 120 valence electrons. The van der Waals surface area contributed by atoms with Gasteiger partial charge < -0.3 is 0 Å². The molecule has 4 heteroatoms. The van der Waals surface area contributed by atoms with Crippen LogP contribution in [0.15, 0.2) is 23.3 Å². The zero-order chi connectivity index (χ0) is 16.3. The van der Waals surface area contributed by atoms with E-state index in [1.807, 2.05) is 20.9 Å². The van der Waals surface area contributed by atoms with E-state index in [9.17, 15) is 9.59 Å². The number of nitrogens with zero attached hydrogens (tertiary/aromatic N) is 2. The van der Waals surface area contributed by atoms with Crippen LogP contribution in [0.2, 0.25) is 0 Å². The lowest BCUT2D eigenvalue weighted by atomic mass is 10.0. The van der Waals surface area contributed by atoms with Crippen molar-refractivity contribution in [3.8, 4) is 0 Å². The van der Waals surface area contributed by atoms with Crippen molar-refractivity contribution in [2.24, 2.45) is 0 Å². The van der Waals surface area contributed by atoms with E-state index >= 15 is 0 Å². The highest BCUT2D eigenvalue weighted by Gasteiger charge is 2.20. The van der Waals surface area contributed by atoms with Gasteiger partial charge in [-0.3, -0.25) is 9.59 Å². The minimum absolute atomic E-state index is 0.0277. The fourth-order valence-corrected chi connectivity index (χ4v) is 2.18. The van der Waals surface area contributed by atoms with Crippen molar-refractivity contribution in [1.29, 1.82) is 0 Å². The summed E-state index contributed by atoms with van der Waals surface area (Å²) in [5.74, 6) is 0. The lowest BCUT2D eigenvalue weighted by Crippen LogP contribution is -2.46. The van der Waals surface area contributed by atoms with Crippen LogP contribution in [0.4, 0.5) is 0 Å². The van der Waals surface area contributed by atoms with E-state index in [2.05, 4.69) is 36.0 Å². The first kappa shape index (κ1) is 19.7. The van der Waals surface area contributed by atoms with Gasteiger partial charge in [-0.05, 0) is 32.3 Å². The highest BCUT2D eigenvalue weighted by atomic mass is 16.1. The Hall–Kier alpha value is -1.26. The molecule has 0 radical (unpaired) electrons. The average Bonchev–Trinajstić information content (AvgIpc) is 2.49. The van der Waals surface area contributed by atoms with Crippen LogP contribution in [0, 0.1) is 0 Å². The second-order valence-corrected chi connectivity index (χ2v) is 5.31. The average molecular weight is 294 g/mol. The van der Waals surface area contributed by atoms with Gasteiger partial charge in [0.25, 0.3) is 0 Å². The third-order valence-corrected chi connectivity index (χ3v) is 3.67. The van der Waals surface area contributed by atoms with Crippen molar-refractivity contribution in [3.05, 3.63) is 23.3 Å². The van der Waals surface area contributed by atoms with Gasteiger partial charge in [0.2, 0.25) is 0 Å². The molecule has 21 heavy (non-hydrogen) atoms. The molecule has 0 aliphatic carbocycles. The highest BCUT2D eigenvalue weighted by molar-refractivity contribution is 6.00. The van der Waals surface area contributed by atoms with Crippen molar-refractivity contribution in [1.82, 2.24) is 10.0 Å². The molecule has 0 unspecified atom stereocenters. The van der Waals surface area contributed by atoms with Crippen molar-refractivity contribution in [2.45, 2.75) is 53.0 Å². The van der Waals surface area contributed by atoms with Gasteiger partial charge in [-0.1, -0.05) is 32.4 Å². The molecule has 0 spiro atoms. The maximum Gasteiger partial charge on any atom is 0.153 e. The molecule has 0 aromatic rings. The number of hydrazine groups is 1. The molecule has 0 bridgehead atoms. The fraction of sp³-hybridized carbons (Fsp3) is 0.647. The molecule has 0 fully saturated rings. The molecule has 0 rings (SSSR count). The highest BCUT2D eigenvalue weighted by Crippen LogP contribution is 2.15. The van der Waals surface area contributed by atoms with Crippen LogP contribution in [0.5, 0.6) is 0 Å². The van der Waals surface area contributed by atoms with E-state index in [4.69, 9.17) is 0 Å². The Morgan fingerprint density at radius 3 is 2.19 bits per heavy atom. The summed E-state index contributed by atoms with van der Waals surface area (Å²) in [6, 6.07) is 0.0277. The zero-order valence-electron chi connectivity index (χ0n) is 14.1. The number of hydrogen-bond donors (Lipinski definition) is 0. The quantitative estimate of drug-likeness (QED) is 0.147. The van der Waals surface area contributed by atoms with Gasteiger partial charge in [0.1, 0.15) is 0 Å². The fourth-order valence-electron chi connectivity index (χ4n) is 2.18. The Morgan fingerprint density at radius 1 is 1.10 bits per heavy atom. The first-order valence-electron chi connectivity index (χ1n) is 7.77. The SMILES string of the molecule is CCC/C=C/CN(C)N(CCC)[C@@H](C)C(C)=C(C=O)C=O. The molecule has 0 aromatic carbocycles. The van der Waals surface area contributed by atoms with Crippen LogP contribution in [0.25, 0.3) is 0 Å². The number of allylic oxidation sites excluding steroid dienone is 2. The molecule has 0 aliphatic rings. The second-order valence-electron chi connectivity index (χ2n) is 5.31. The molecule has 4 nitrogen and oxygen atoms in total. The van der Waals surface area contributed by atoms with E-state index in [-0.39, 0.29) is 11.6 Å². The number of rotatable bonds is 11. The van der Waals surface area contributed by atoms with Gasteiger partial charge in [0.15, 0.2) is 12.6 Å². The predicted molar refractivity (Wildman–Crippen MR) is 88.0 cm³/mol. The van der Waals surface area contributed by atoms with Crippen molar-refractivity contribution >= 4 is 12.6 Å². The molecule has 0 aliphatic heterocycles. The largest absolute Gasteiger partial charge is 0.298 e. The summed E-state index contributed by atoms with van der Waals surface area (Å²) in [7, 11) is 2.04. The molecule has 0 heterocycles. The zero-order valence-corrected chi connectivity index (χ0v) is 14.1. The number of likely N-dealkylation sites (N-methyl/N-ethyl adjacent to an activating group) is 1. The third kappa shape index (κ3) is 6.82. The van der Waals surface area contributed by atoms with E-state index in [0.717, 1.165) is 37.9 Å². The third-order valence-electron chi connectivity index (χ3n) is 3.67. The lowest BCUT2D eigenvalue weighted by Gasteiger charge is -2.37. The molecule has 0 aromatic heterocycles. The molecule has 0 saturated carbocycles. The van der Waals surface area contributed by atoms with E-state index in [1.54, 1.807) is 0 Å². The van der Waals surface area contributed by atoms with Crippen molar-refractivity contribution < 1.29 is 9.59 Å². The number of carbonyl (C=O) groups is 2. The summed E-state index contributed by atoms with van der Waals surface area (Å²) in [6.07, 6.45) is 8.90. The van der Waals surface area contributed by atoms with Gasteiger partial charge in [-0.15, -0.1) is 0 Å². The summed E-state index contributed by atoms with van der Waals surface area (Å²) in [6.45, 7) is 9.89. The van der Waals surface area contributed by atoms with Crippen molar-refractivity contribution in [2.75, 3.05) is 20.1 Å². The Bertz CT molecular complexity index is 365. The van der Waals surface area contributed by atoms with E-state index < -0.39 is 0 Å². The smallest absolute Gasteiger partial charge is 0.153 e.